The van der Waals surface area contributed by atoms with Gasteiger partial charge >= 0.3 is 5.97 Å². The average molecular weight is 560 g/mol. The summed E-state index contributed by atoms with van der Waals surface area (Å²) in [5.74, 6) is -1.86. The molecule has 2 amide bonds. The van der Waals surface area contributed by atoms with E-state index in [9.17, 15) is 29.1 Å². The predicted octanol–water partition coefficient (Wildman–Crippen LogP) is 5.36. The molecule has 0 aliphatic heterocycles. The predicted molar refractivity (Wildman–Crippen MR) is 143 cm³/mol. The van der Waals surface area contributed by atoms with Crippen LogP contribution < -0.4 is 20.1 Å². The van der Waals surface area contributed by atoms with Crippen molar-refractivity contribution in [3.8, 4) is 17.6 Å². The molecule has 1 aliphatic rings. The molecule has 1 fully saturated rings. The number of carboxylic acids is 1. The van der Waals surface area contributed by atoms with Crippen LogP contribution in [0.4, 0.5) is 10.1 Å². The van der Waals surface area contributed by atoms with Crippen molar-refractivity contribution in [1.29, 1.82) is 5.26 Å². The van der Waals surface area contributed by atoms with Gasteiger partial charge in [0.1, 0.15) is 23.2 Å². The standard InChI is InChI=1S/C28H31ClFN3O6/c1-27(2,30)15-32-24(34)19-6-5-17(29)12-21(19)33-25(35)20-13-22(16(14-31)11-23(20)38-4)39-18-7-9-28(3,10-8-18)26(36)37/h5-6,11-13,18H,7-10,15H2,1-4H3,(H,32,34)(H,33,35)(H,36,37). The van der Waals surface area contributed by atoms with Gasteiger partial charge in [0, 0.05) is 11.1 Å². The Morgan fingerprint density at radius 2 is 1.82 bits per heavy atom. The third kappa shape index (κ3) is 7.39. The first-order valence-corrected chi connectivity index (χ1v) is 12.7. The average Bonchev–Trinajstić information content (AvgIpc) is 2.88. The molecule has 0 saturated heterocycles. The molecule has 1 aliphatic carbocycles. The van der Waals surface area contributed by atoms with E-state index in [0.717, 1.165) is 0 Å². The summed E-state index contributed by atoms with van der Waals surface area (Å²) in [6, 6.07) is 9.08. The highest BCUT2D eigenvalue weighted by Gasteiger charge is 2.38. The number of carbonyl (C=O) groups excluding carboxylic acids is 2. The minimum Gasteiger partial charge on any atom is -0.496 e. The summed E-state index contributed by atoms with van der Waals surface area (Å²) in [5.41, 5.74) is -2.12. The van der Waals surface area contributed by atoms with Crippen LogP contribution in [-0.2, 0) is 4.79 Å². The van der Waals surface area contributed by atoms with Crippen LogP contribution in [0.15, 0.2) is 30.3 Å². The van der Waals surface area contributed by atoms with E-state index in [2.05, 4.69) is 10.6 Å². The first kappa shape index (κ1) is 29.7. The minimum atomic E-state index is -1.64. The fourth-order valence-corrected chi connectivity index (χ4v) is 4.40. The molecule has 9 nitrogen and oxygen atoms in total. The fourth-order valence-electron chi connectivity index (χ4n) is 4.22. The number of benzene rings is 2. The number of nitrogens with one attached hydrogen (secondary N) is 2. The second-order valence-corrected chi connectivity index (χ2v) is 10.8. The lowest BCUT2D eigenvalue weighted by Gasteiger charge is -2.34. The largest absolute Gasteiger partial charge is 0.496 e. The smallest absolute Gasteiger partial charge is 0.309 e. The van der Waals surface area contributed by atoms with Gasteiger partial charge in [0.25, 0.3) is 11.8 Å². The van der Waals surface area contributed by atoms with E-state index in [1.54, 1.807) is 6.92 Å². The molecule has 3 rings (SSSR count). The number of carbonyl (C=O) groups is 3. The summed E-state index contributed by atoms with van der Waals surface area (Å²) in [4.78, 5) is 37.7. The van der Waals surface area contributed by atoms with Crippen LogP contribution in [0.1, 0.15) is 72.7 Å². The van der Waals surface area contributed by atoms with Gasteiger partial charge in [-0.1, -0.05) is 11.6 Å². The van der Waals surface area contributed by atoms with E-state index in [-0.39, 0.29) is 51.5 Å². The number of rotatable bonds is 9. The summed E-state index contributed by atoms with van der Waals surface area (Å²) in [7, 11) is 1.35. The summed E-state index contributed by atoms with van der Waals surface area (Å²) < 4.78 is 25.3. The molecule has 0 heterocycles. The Labute approximate surface area is 231 Å². The topological polar surface area (TPSA) is 138 Å². The van der Waals surface area contributed by atoms with Crippen molar-refractivity contribution in [1.82, 2.24) is 5.32 Å². The number of halogens is 2. The Hall–Kier alpha value is -3.84. The molecule has 0 atom stereocenters. The molecule has 2 aromatic rings. The van der Waals surface area contributed by atoms with Crippen molar-refractivity contribution in [2.24, 2.45) is 5.41 Å². The molecule has 0 bridgehead atoms. The van der Waals surface area contributed by atoms with E-state index >= 15 is 0 Å². The van der Waals surface area contributed by atoms with Crippen molar-refractivity contribution in [3.63, 3.8) is 0 Å². The zero-order valence-electron chi connectivity index (χ0n) is 22.2. The van der Waals surface area contributed by atoms with Gasteiger partial charge in [-0.2, -0.15) is 5.26 Å². The molecule has 0 aromatic heterocycles. The number of carboxylic acid groups (broad SMARTS) is 1. The fraction of sp³-hybridized carbons (Fsp3) is 0.429. The second-order valence-electron chi connectivity index (χ2n) is 10.4. The maximum atomic E-state index is 13.9. The van der Waals surface area contributed by atoms with Gasteiger partial charge in [0.2, 0.25) is 0 Å². The Balaban J connectivity index is 1.87. The lowest BCUT2D eigenvalue weighted by molar-refractivity contribution is -0.150. The number of amides is 2. The van der Waals surface area contributed by atoms with Crippen LogP contribution in [0, 0.1) is 16.7 Å². The van der Waals surface area contributed by atoms with Crippen molar-refractivity contribution in [2.75, 3.05) is 19.0 Å². The normalized spacial score (nSPS) is 18.9. The second kappa shape index (κ2) is 11.9. The highest BCUT2D eigenvalue weighted by atomic mass is 35.5. The number of hydrogen-bond acceptors (Lipinski definition) is 6. The van der Waals surface area contributed by atoms with Crippen LogP contribution in [0.25, 0.3) is 0 Å². The van der Waals surface area contributed by atoms with Crippen LogP contribution in [-0.4, -0.2) is 48.3 Å². The molecule has 11 heteroatoms. The van der Waals surface area contributed by atoms with Crippen LogP contribution in [0.2, 0.25) is 5.02 Å². The molecule has 0 unspecified atom stereocenters. The van der Waals surface area contributed by atoms with Crippen LogP contribution in [0.5, 0.6) is 11.5 Å². The molecule has 0 radical (unpaired) electrons. The number of nitriles is 1. The van der Waals surface area contributed by atoms with E-state index in [4.69, 9.17) is 21.1 Å². The van der Waals surface area contributed by atoms with E-state index in [1.807, 2.05) is 6.07 Å². The third-order valence-corrected chi connectivity index (χ3v) is 6.89. The van der Waals surface area contributed by atoms with Gasteiger partial charge in [0.15, 0.2) is 0 Å². The lowest BCUT2D eigenvalue weighted by Crippen LogP contribution is -2.36. The Bertz CT molecular complexity index is 1310. The summed E-state index contributed by atoms with van der Waals surface area (Å²) in [5, 5.41) is 24.6. The van der Waals surface area contributed by atoms with Gasteiger partial charge in [-0.3, -0.25) is 14.4 Å². The number of methoxy groups -OCH3 is 1. The molecule has 0 spiro atoms. The van der Waals surface area contributed by atoms with Crippen LogP contribution >= 0.6 is 11.6 Å². The lowest BCUT2D eigenvalue weighted by atomic mass is 9.75. The van der Waals surface area contributed by atoms with Gasteiger partial charge < -0.3 is 25.2 Å². The Morgan fingerprint density at radius 3 is 2.38 bits per heavy atom. The molecule has 1 saturated carbocycles. The Morgan fingerprint density at radius 1 is 1.15 bits per heavy atom. The number of nitrogens with zero attached hydrogens (tertiary/aromatic N) is 1. The number of aliphatic carboxylic acids is 1. The SMILES string of the molecule is COc1cc(C#N)c(OC2CCC(C)(C(=O)O)CC2)cc1C(=O)Nc1cc(Cl)ccc1C(=O)NCC(C)(C)F. The highest BCUT2D eigenvalue weighted by Crippen LogP contribution is 2.39. The van der Waals surface area contributed by atoms with Crippen molar-refractivity contribution >= 4 is 35.1 Å². The van der Waals surface area contributed by atoms with E-state index in [0.29, 0.717) is 25.7 Å². The molecule has 39 heavy (non-hydrogen) atoms. The van der Waals surface area contributed by atoms with Gasteiger partial charge in [-0.25, -0.2) is 4.39 Å². The maximum Gasteiger partial charge on any atom is 0.309 e. The van der Waals surface area contributed by atoms with Gasteiger partial charge in [-0.05, 0) is 70.7 Å². The highest BCUT2D eigenvalue weighted by molar-refractivity contribution is 6.31. The summed E-state index contributed by atoms with van der Waals surface area (Å²) in [6.07, 6.45) is 1.43. The number of alkyl halides is 1. The number of ether oxygens (including phenoxy) is 2. The third-order valence-electron chi connectivity index (χ3n) is 6.66. The van der Waals surface area contributed by atoms with Crippen molar-refractivity contribution < 1.29 is 33.4 Å². The first-order valence-electron chi connectivity index (χ1n) is 12.4. The molecule has 208 valence electrons. The zero-order valence-corrected chi connectivity index (χ0v) is 22.9. The molecular weight excluding hydrogens is 529 g/mol. The van der Waals surface area contributed by atoms with Crippen molar-refractivity contribution in [3.05, 3.63) is 52.0 Å². The molecule has 2 aromatic carbocycles. The monoisotopic (exact) mass is 559 g/mol. The number of hydrogen-bond donors (Lipinski definition) is 3. The minimum absolute atomic E-state index is 0.0360. The Kier molecular flexibility index (Phi) is 9.07. The maximum absolute atomic E-state index is 13.9. The summed E-state index contributed by atoms with van der Waals surface area (Å²) >= 11 is 6.11. The first-order chi connectivity index (χ1) is 18.3. The molecule has 3 N–H and O–H groups in total. The van der Waals surface area contributed by atoms with Gasteiger partial charge in [0.05, 0.1) is 47.6 Å². The van der Waals surface area contributed by atoms with Gasteiger partial charge in [-0.15, -0.1) is 0 Å². The van der Waals surface area contributed by atoms with E-state index < -0.39 is 28.9 Å². The van der Waals surface area contributed by atoms with E-state index in [1.165, 1.54) is 51.3 Å². The molecular formula is C28H31ClFN3O6. The van der Waals surface area contributed by atoms with Crippen molar-refractivity contribution in [2.45, 2.75) is 58.2 Å². The summed E-state index contributed by atoms with van der Waals surface area (Å²) in [6.45, 7) is 4.11. The number of anilines is 1. The van der Waals surface area contributed by atoms with Crippen LogP contribution in [0.3, 0.4) is 0 Å². The zero-order chi connectivity index (χ0) is 29.0. The quantitative estimate of drug-likeness (QED) is 0.376.